The Morgan fingerprint density at radius 2 is 1.95 bits per heavy atom. The van der Waals surface area contributed by atoms with Gasteiger partial charge in [0.05, 0.1) is 18.4 Å². The molecule has 0 aliphatic rings. The minimum absolute atomic E-state index is 0. The van der Waals surface area contributed by atoms with Crippen LogP contribution in [0.1, 0.15) is 10.4 Å². The number of carbonyl (C=O) groups is 1. The van der Waals surface area contributed by atoms with E-state index in [2.05, 4.69) is 10.3 Å². The van der Waals surface area contributed by atoms with Gasteiger partial charge >= 0.3 is 0 Å². The fourth-order valence-corrected chi connectivity index (χ4v) is 2.92. The third-order valence-electron chi connectivity index (χ3n) is 3.10. The van der Waals surface area contributed by atoms with E-state index in [0.29, 0.717) is 5.56 Å². The highest BCUT2D eigenvalue weighted by Crippen LogP contribution is 2.31. The van der Waals surface area contributed by atoms with Crippen LogP contribution in [0.3, 0.4) is 0 Å². The zero-order valence-electron chi connectivity index (χ0n) is 11.9. The number of methoxy groups -OCH3 is 1. The fourth-order valence-electron chi connectivity index (χ4n) is 2.05. The molecule has 3 aromatic rings. The Bertz CT molecular complexity index is 774. The van der Waals surface area contributed by atoms with Crippen LogP contribution in [0.15, 0.2) is 48.5 Å². The molecular weight excluding hydrogens is 364 g/mol. The SMILES string of the molecule is Br.COc1cccc2sc(NCC(=O)c3ccccc3)nc12. The van der Waals surface area contributed by atoms with Crippen molar-refractivity contribution >= 4 is 49.4 Å². The molecule has 0 aliphatic carbocycles. The topological polar surface area (TPSA) is 51.2 Å². The van der Waals surface area contributed by atoms with Crippen LogP contribution >= 0.6 is 28.3 Å². The first-order chi connectivity index (χ1) is 10.3. The molecule has 0 amide bonds. The molecule has 0 aliphatic heterocycles. The van der Waals surface area contributed by atoms with Gasteiger partial charge in [-0.05, 0) is 12.1 Å². The first-order valence-corrected chi connectivity index (χ1v) is 7.35. The molecule has 2 aromatic carbocycles. The number of nitrogens with one attached hydrogen (secondary N) is 1. The molecule has 1 aromatic heterocycles. The zero-order valence-corrected chi connectivity index (χ0v) is 14.4. The van der Waals surface area contributed by atoms with Crippen molar-refractivity contribution in [2.75, 3.05) is 19.0 Å². The molecule has 0 spiro atoms. The smallest absolute Gasteiger partial charge is 0.184 e. The van der Waals surface area contributed by atoms with Crippen LogP contribution in [-0.2, 0) is 0 Å². The van der Waals surface area contributed by atoms with Crippen molar-refractivity contribution in [3.8, 4) is 5.75 Å². The van der Waals surface area contributed by atoms with E-state index in [-0.39, 0.29) is 29.3 Å². The Kier molecular flexibility index (Phi) is 5.51. The first-order valence-electron chi connectivity index (χ1n) is 6.53. The lowest BCUT2D eigenvalue weighted by Crippen LogP contribution is -2.13. The highest BCUT2D eigenvalue weighted by molar-refractivity contribution is 8.93. The monoisotopic (exact) mass is 378 g/mol. The van der Waals surface area contributed by atoms with Gasteiger partial charge in [0.2, 0.25) is 0 Å². The second-order valence-corrected chi connectivity index (χ2v) is 5.50. The summed E-state index contributed by atoms with van der Waals surface area (Å²) in [6.07, 6.45) is 0. The van der Waals surface area contributed by atoms with Gasteiger partial charge in [-0.25, -0.2) is 4.98 Å². The van der Waals surface area contributed by atoms with E-state index in [1.54, 1.807) is 7.11 Å². The molecule has 0 unspecified atom stereocenters. The summed E-state index contributed by atoms with van der Waals surface area (Å²) in [4.78, 5) is 16.5. The molecule has 1 N–H and O–H groups in total. The largest absolute Gasteiger partial charge is 0.494 e. The van der Waals surface area contributed by atoms with Gasteiger partial charge < -0.3 is 10.1 Å². The minimum Gasteiger partial charge on any atom is -0.494 e. The van der Waals surface area contributed by atoms with E-state index in [1.165, 1.54) is 11.3 Å². The highest BCUT2D eigenvalue weighted by Gasteiger charge is 2.10. The number of fused-ring (bicyclic) bond motifs is 1. The van der Waals surface area contributed by atoms with Crippen LogP contribution in [0, 0.1) is 0 Å². The van der Waals surface area contributed by atoms with Gasteiger partial charge in [0, 0.05) is 5.56 Å². The van der Waals surface area contributed by atoms with Crippen molar-refractivity contribution in [3.05, 3.63) is 54.1 Å². The molecule has 114 valence electrons. The van der Waals surface area contributed by atoms with Gasteiger partial charge in [0.15, 0.2) is 10.9 Å². The number of ether oxygens (including phenoxy) is 1. The summed E-state index contributed by atoms with van der Waals surface area (Å²) in [5.74, 6) is 0.785. The number of benzene rings is 2. The number of halogens is 1. The number of hydrogen-bond donors (Lipinski definition) is 1. The maximum absolute atomic E-state index is 12.0. The van der Waals surface area contributed by atoms with Gasteiger partial charge in [-0.15, -0.1) is 17.0 Å². The second kappa shape index (κ2) is 7.38. The van der Waals surface area contributed by atoms with Crippen molar-refractivity contribution < 1.29 is 9.53 Å². The van der Waals surface area contributed by atoms with Crippen LogP contribution in [0.25, 0.3) is 10.2 Å². The maximum Gasteiger partial charge on any atom is 0.184 e. The Hall–Kier alpha value is -1.92. The molecule has 4 nitrogen and oxygen atoms in total. The minimum atomic E-state index is 0. The van der Waals surface area contributed by atoms with Crippen molar-refractivity contribution in [2.45, 2.75) is 0 Å². The quantitative estimate of drug-likeness (QED) is 0.676. The van der Waals surface area contributed by atoms with Gasteiger partial charge in [-0.3, -0.25) is 4.79 Å². The number of ketones is 1. The van der Waals surface area contributed by atoms with Crippen molar-refractivity contribution in [1.82, 2.24) is 4.98 Å². The zero-order chi connectivity index (χ0) is 14.7. The molecule has 1 heterocycles. The number of para-hydroxylation sites is 1. The van der Waals surface area contributed by atoms with E-state index < -0.39 is 0 Å². The van der Waals surface area contributed by atoms with Crippen LogP contribution in [0.5, 0.6) is 5.75 Å². The van der Waals surface area contributed by atoms with E-state index in [1.807, 2.05) is 48.5 Å². The summed E-state index contributed by atoms with van der Waals surface area (Å²) in [6.45, 7) is 0.228. The number of carbonyl (C=O) groups excluding carboxylic acids is 1. The average Bonchev–Trinajstić information content (AvgIpc) is 2.96. The number of hydrogen-bond acceptors (Lipinski definition) is 5. The highest BCUT2D eigenvalue weighted by atomic mass is 79.9. The van der Waals surface area contributed by atoms with Crippen LogP contribution < -0.4 is 10.1 Å². The van der Waals surface area contributed by atoms with Gasteiger partial charge in [-0.1, -0.05) is 47.7 Å². The van der Waals surface area contributed by atoms with Crippen LogP contribution in [0.4, 0.5) is 5.13 Å². The lowest BCUT2D eigenvalue weighted by molar-refractivity contribution is 0.101. The van der Waals surface area contributed by atoms with Crippen molar-refractivity contribution in [1.29, 1.82) is 0 Å². The molecule has 22 heavy (non-hydrogen) atoms. The van der Waals surface area contributed by atoms with Crippen LogP contribution in [-0.4, -0.2) is 24.4 Å². The lowest BCUT2D eigenvalue weighted by Gasteiger charge is -2.01. The summed E-state index contributed by atoms with van der Waals surface area (Å²) in [5.41, 5.74) is 1.52. The van der Waals surface area contributed by atoms with E-state index >= 15 is 0 Å². The Morgan fingerprint density at radius 1 is 1.18 bits per heavy atom. The summed E-state index contributed by atoms with van der Waals surface area (Å²) < 4.78 is 6.32. The van der Waals surface area contributed by atoms with Crippen molar-refractivity contribution in [3.63, 3.8) is 0 Å². The van der Waals surface area contributed by atoms with Gasteiger partial charge in [0.25, 0.3) is 0 Å². The van der Waals surface area contributed by atoms with Crippen molar-refractivity contribution in [2.24, 2.45) is 0 Å². The summed E-state index contributed by atoms with van der Waals surface area (Å²) in [6, 6.07) is 15.0. The third kappa shape index (κ3) is 3.45. The summed E-state index contributed by atoms with van der Waals surface area (Å²) in [7, 11) is 1.63. The summed E-state index contributed by atoms with van der Waals surface area (Å²) in [5, 5.41) is 3.81. The normalized spacial score (nSPS) is 10.0. The fraction of sp³-hybridized carbons (Fsp3) is 0.125. The number of aromatic nitrogens is 1. The predicted octanol–water partition coefficient (Wildman–Crippen LogP) is 4.18. The molecule has 0 saturated heterocycles. The lowest BCUT2D eigenvalue weighted by atomic mass is 10.1. The second-order valence-electron chi connectivity index (χ2n) is 4.47. The standard InChI is InChI=1S/C16H14N2O2S.BrH/c1-20-13-8-5-9-14-15(13)18-16(21-14)17-10-12(19)11-6-3-2-4-7-11;/h2-9H,10H2,1H3,(H,17,18);1H. The molecule has 0 fully saturated rings. The number of nitrogens with zero attached hydrogens (tertiary/aromatic N) is 1. The van der Waals surface area contributed by atoms with Gasteiger partial charge in [-0.2, -0.15) is 0 Å². The van der Waals surface area contributed by atoms with Crippen LogP contribution in [0.2, 0.25) is 0 Å². The number of rotatable bonds is 5. The average molecular weight is 379 g/mol. The number of thiazole rings is 1. The molecule has 3 rings (SSSR count). The molecule has 6 heteroatoms. The predicted molar refractivity (Wildman–Crippen MR) is 95.8 cm³/mol. The number of Topliss-reactive ketones (excluding diaryl/α,β-unsaturated/α-hetero) is 1. The Labute approximate surface area is 142 Å². The van der Waals surface area contributed by atoms with Gasteiger partial charge in [0.1, 0.15) is 11.3 Å². The Balaban J connectivity index is 0.00000176. The molecule has 0 radical (unpaired) electrons. The van der Waals surface area contributed by atoms with E-state index in [0.717, 1.165) is 21.1 Å². The molecule has 0 atom stereocenters. The van der Waals surface area contributed by atoms with E-state index in [4.69, 9.17) is 4.74 Å². The Morgan fingerprint density at radius 3 is 2.68 bits per heavy atom. The van der Waals surface area contributed by atoms with E-state index in [9.17, 15) is 4.79 Å². The number of anilines is 1. The maximum atomic E-state index is 12.0. The third-order valence-corrected chi connectivity index (χ3v) is 4.08. The molecule has 0 saturated carbocycles. The molecular formula is C16H15BrN2O2S. The summed E-state index contributed by atoms with van der Waals surface area (Å²) >= 11 is 1.51. The first kappa shape index (κ1) is 16.5. The molecule has 0 bridgehead atoms.